The number of aromatic nitrogens is 4. The number of rotatable bonds is 6. The summed E-state index contributed by atoms with van der Waals surface area (Å²) in [6, 6.07) is 9.26. The van der Waals surface area contributed by atoms with Gasteiger partial charge < -0.3 is 14.6 Å². The smallest absolute Gasteiger partial charge is 0.269 e. The van der Waals surface area contributed by atoms with Crippen molar-refractivity contribution in [1.29, 1.82) is 0 Å². The molecule has 0 bridgehead atoms. The third-order valence-corrected chi connectivity index (χ3v) is 4.59. The van der Waals surface area contributed by atoms with Gasteiger partial charge in [0, 0.05) is 12.6 Å². The van der Waals surface area contributed by atoms with Crippen molar-refractivity contribution in [3.8, 4) is 17.0 Å². The van der Waals surface area contributed by atoms with Crippen molar-refractivity contribution in [2.75, 3.05) is 13.4 Å². The van der Waals surface area contributed by atoms with Crippen LogP contribution in [0.4, 0.5) is 0 Å². The van der Waals surface area contributed by atoms with E-state index in [1.54, 1.807) is 31.1 Å². The average Bonchev–Trinajstić information content (AvgIpc) is 3.27. The molecule has 0 radical (unpaired) electrons. The van der Waals surface area contributed by atoms with Gasteiger partial charge in [0.05, 0.1) is 31.2 Å². The summed E-state index contributed by atoms with van der Waals surface area (Å²) in [6.45, 7) is 0.399. The molecule has 8 heteroatoms. The van der Waals surface area contributed by atoms with Crippen LogP contribution in [0.15, 0.2) is 41.7 Å². The van der Waals surface area contributed by atoms with Crippen LogP contribution in [0.2, 0.25) is 0 Å². The molecule has 2 N–H and O–H groups in total. The molecular formula is C17H19N5O2S. The minimum absolute atomic E-state index is 0.214. The lowest BCUT2D eigenvalue weighted by Gasteiger charge is -2.05. The largest absolute Gasteiger partial charge is 0.497 e. The van der Waals surface area contributed by atoms with E-state index in [1.807, 2.05) is 42.1 Å². The van der Waals surface area contributed by atoms with Crippen LogP contribution in [0.25, 0.3) is 11.3 Å². The second-order valence-electron chi connectivity index (χ2n) is 5.38. The van der Waals surface area contributed by atoms with Crippen molar-refractivity contribution in [2.45, 2.75) is 11.7 Å². The first-order chi connectivity index (χ1) is 12.1. The molecule has 130 valence electrons. The zero-order valence-electron chi connectivity index (χ0n) is 14.2. The molecule has 0 saturated heterocycles. The Morgan fingerprint density at radius 2 is 2.24 bits per heavy atom. The predicted molar refractivity (Wildman–Crippen MR) is 96.7 cm³/mol. The van der Waals surface area contributed by atoms with E-state index in [0.29, 0.717) is 17.9 Å². The number of imidazole rings is 1. The van der Waals surface area contributed by atoms with Crippen molar-refractivity contribution in [1.82, 2.24) is 25.1 Å². The standard InChI is InChI=1S/C17H19N5O2S/c1-22-12(10-19-17(22)25-3)9-18-16(23)15-8-14(20-21-15)11-5-4-6-13(7-11)24-2/h4-8,10H,9H2,1-3H3,(H,18,23)(H,20,21). The van der Waals surface area contributed by atoms with Gasteiger partial charge in [-0.3, -0.25) is 9.89 Å². The summed E-state index contributed by atoms with van der Waals surface area (Å²) in [5.74, 6) is 0.529. The van der Waals surface area contributed by atoms with Crippen molar-refractivity contribution in [3.05, 3.63) is 47.9 Å². The molecule has 0 unspecified atom stereocenters. The number of benzene rings is 1. The molecule has 1 amide bonds. The number of amides is 1. The quantitative estimate of drug-likeness (QED) is 0.662. The molecule has 0 saturated carbocycles. The summed E-state index contributed by atoms with van der Waals surface area (Å²) < 4.78 is 7.17. The van der Waals surface area contributed by atoms with Gasteiger partial charge in [0.15, 0.2) is 5.16 Å². The van der Waals surface area contributed by atoms with Crippen molar-refractivity contribution in [3.63, 3.8) is 0 Å². The highest BCUT2D eigenvalue weighted by Crippen LogP contribution is 2.22. The number of methoxy groups -OCH3 is 1. The Morgan fingerprint density at radius 3 is 2.96 bits per heavy atom. The van der Waals surface area contributed by atoms with E-state index in [4.69, 9.17) is 4.74 Å². The summed E-state index contributed by atoms with van der Waals surface area (Å²) in [5, 5.41) is 10.8. The number of nitrogens with one attached hydrogen (secondary N) is 2. The number of carbonyl (C=O) groups excluding carboxylic acids is 1. The van der Waals surface area contributed by atoms with Crippen molar-refractivity contribution < 1.29 is 9.53 Å². The summed E-state index contributed by atoms with van der Waals surface area (Å²) >= 11 is 1.56. The number of H-pyrrole nitrogens is 1. The molecule has 0 aliphatic rings. The maximum absolute atomic E-state index is 12.3. The molecule has 2 aromatic heterocycles. The Morgan fingerprint density at radius 1 is 1.40 bits per heavy atom. The summed E-state index contributed by atoms with van der Waals surface area (Å²) in [6.07, 6.45) is 3.73. The van der Waals surface area contributed by atoms with Gasteiger partial charge in [-0.15, -0.1) is 0 Å². The molecule has 2 heterocycles. The van der Waals surface area contributed by atoms with Gasteiger partial charge in [0.25, 0.3) is 5.91 Å². The maximum Gasteiger partial charge on any atom is 0.269 e. The highest BCUT2D eigenvalue weighted by molar-refractivity contribution is 7.98. The SMILES string of the molecule is COc1cccc(-c2cc(C(=O)NCc3cnc(SC)n3C)[nH]n2)c1. The first kappa shape index (κ1) is 17.1. The van der Waals surface area contributed by atoms with E-state index in [0.717, 1.165) is 22.2 Å². The lowest BCUT2D eigenvalue weighted by molar-refractivity contribution is 0.0945. The minimum Gasteiger partial charge on any atom is -0.497 e. The number of hydrogen-bond donors (Lipinski definition) is 2. The summed E-state index contributed by atoms with van der Waals surface area (Å²) in [5.41, 5.74) is 2.91. The highest BCUT2D eigenvalue weighted by atomic mass is 32.2. The molecule has 0 spiro atoms. The Kier molecular flexibility index (Phi) is 5.08. The van der Waals surface area contributed by atoms with E-state index in [9.17, 15) is 4.79 Å². The fourth-order valence-electron chi connectivity index (χ4n) is 2.41. The Balaban J connectivity index is 1.69. The first-order valence-electron chi connectivity index (χ1n) is 7.65. The highest BCUT2D eigenvalue weighted by Gasteiger charge is 2.13. The van der Waals surface area contributed by atoms with Crippen LogP contribution < -0.4 is 10.1 Å². The Bertz CT molecular complexity index is 887. The molecule has 0 fully saturated rings. The van der Waals surface area contributed by atoms with Gasteiger partial charge >= 0.3 is 0 Å². The van der Waals surface area contributed by atoms with E-state index >= 15 is 0 Å². The molecule has 3 aromatic rings. The Labute approximate surface area is 149 Å². The van der Waals surface area contributed by atoms with Gasteiger partial charge in [-0.05, 0) is 24.5 Å². The van der Waals surface area contributed by atoms with Crippen LogP contribution in [0, 0.1) is 0 Å². The molecule has 0 aliphatic heterocycles. The number of aromatic amines is 1. The number of hydrogen-bond acceptors (Lipinski definition) is 5. The summed E-state index contributed by atoms with van der Waals surface area (Å²) in [7, 11) is 3.54. The fraction of sp³-hybridized carbons (Fsp3) is 0.235. The zero-order valence-corrected chi connectivity index (χ0v) is 15.1. The molecule has 0 aliphatic carbocycles. The van der Waals surface area contributed by atoms with Crippen molar-refractivity contribution >= 4 is 17.7 Å². The number of thioether (sulfide) groups is 1. The first-order valence-corrected chi connectivity index (χ1v) is 8.87. The maximum atomic E-state index is 12.3. The number of nitrogens with zero attached hydrogens (tertiary/aromatic N) is 3. The van der Waals surface area contributed by atoms with Crippen LogP contribution in [-0.2, 0) is 13.6 Å². The predicted octanol–water partition coefficient (Wildman–Crippen LogP) is 2.47. The second kappa shape index (κ2) is 7.43. The minimum atomic E-state index is -0.214. The molecular weight excluding hydrogens is 338 g/mol. The third-order valence-electron chi connectivity index (χ3n) is 3.84. The topological polar surface area (TPSA) is 84.8 Å². The van der Waals surface area contributed by atoms with Gasteiger partial charge in [-0.25, -0.2) is 4.98 Å². The lowest BCUT2D eigenvalue weighted by Crippen LogP contribution is -2.24. The second-order valence-corrected chi connectivity index (χ2v) is 6.15. The van der Waals surface area contributed by atoms with E-state index in [2.05, 4.69) is 20.5 Å². The molecule has 1 aromatic carbocycles. The van der Waals surface area contributed by atoms with Gasteiger partial charge in [-0.2, -0.15) is 5.10 Å². The van der Waals surface area contributed by atoms with Crippen molar-refractivity contribution in [2.24, 2.45) is 7.05 Å². The fourth-order valence-corrected chi connectivity index (χ4v) is 2.96. The number of carbonyl (C=O) groups is 1. The molecule has 0 atom stereocenters. The lowest BCUT2D eigenvalue weighted by atomic mass is 10.1. The van der Waals surface area contributed by atoms with E-state index in [-0.39, 0.29) is 5.91 Å². The number of ether oxygens (including phenoxy) is 1. The van der Waals surface area contributed by atoms with Gasteiger partial charge in [0.2, 0.25) is 0 Å². The Hall–Kier alpha value is -2.74. The molecule has 3 rings (SSSR count). The zero-order chi connectivity index (χ0) is 17.8. The third kappa shape index (κ3) is 3.69. The normalized spacial score (nSPS) is 10.7. The van der Waals surface area contributed by atoms with Crippen LogP contribution >= 0.6 is 11.8 Å². The van der Waals surface area contributed by atoms with Gasteiger partial charge in [0.1, 0.15) is 11.4 Å². The van der Waals surface area contributed by atoms with Crippen LogP contribution in [0.5, 0.6) is 5.75 Å². The van der Waals surface area contributed by atoms with E-state index < -0.39 is 0 Å². The van der Waals surface area contributed by atoms with Crippen LogP contribution in [0.1, 0.15) is 16.2 Å². The van der Waals surface area contributed by atoms with Crippen LogP contribution in [-0.4, -0.2) is 39.0 Å². The van der Waals surface area contributed by atoms with Gasteiger partial charge in [-0.1, -0.05) is 23.9 Å². The average molecular weight is 357 g/mol. The summed E-state index contributed by atoms with van der Waals surface area (Å²) in [4.78, 5) is 16.6. The van der Waals surface area contributed by atoms with E-state index in [1.165, 1.54) is 0 Å². The monoisotopic (exact) mass is 357 g/mol. The molecule has 7 nitrogen and oxygen atoms in total. The van der Waals surface area contributed by atoms with Crippen LogP contribution in [0.3, 0.4) is 0 Å². The molecule has 25 heavy (non-hydrogen) atoms.